The zero-order valence-corrected chi connectivity index (χ0v) is 13.1. The molecule has 1 heterocycles. The van der Waals surface area contributed by atoms with E-state index in [0.29, 0.717) is 18.6 Å². The standard InChI is InChI=1S/C17H28N2O/c1-4-18-12-14-9-7-11-19(2)17(14)16-10-6-5-8-15(16)13-20-3/h5-6,8,10,14,17-18H,4,7,9,11-13H2,1-3H3. The van der Waals surface area contributed by atoms with Crippen molar-refractivity contribution in [2.75, 3.05) is 33.8 Å². The average Bonchev–Trinajstić information content (AvgIpc) is 2.46. The summed E-state index contributed by atoms with van der Waals surface area (Å²) in [6, 6.07) is 9.25. The van der Waals surface area contributed by atoms with Gasteiger partial charge in [0.15, 0.2) is 0 Å². The highest BCUT2D eigenvalue weighted by atomic mass is 16.5. The van der Waals surface area contributed by atoms with Crippen molar-refractivity contribution in [1.29, 1.82) is 0 Å². The Bertz CT molecular complexity index is 408. The quantitative estimate of drug-likeness (QED) is 0.864. The van der Waals surface area contributed by atoms with E-state index in [1.54, 1.807) is 7.11 Å². The maximum Gasteiger partial charge on any atom is 0.0716 e. The van der Waals surface area contributed by atoms with Crippen molar-refractivity contribution in [2.45, 2.75) is 32.4 Å². The summed E-state index contributed by atoms with van der Waals surface area (Å²) < 4.78 is 5.38. The number of piperidine rings is 1. The van der Waals surface area contributed by atoms with E-state index in [4.69, 9.17) is 4.74 Å². The van der Waals surface area contributed by atoms with Crippen LogP contribution >= 0.6 is 0 Å². The Morgan fingerprint density at radius 1 is 1.35 bits per heavy atom. The Kier molecular flexibility index (Phi) is 6.02. The second-order valence-corrected chi connectivity index (χ2v) is 5.77. The highest BCUT2D eigenvalue weighted by Gasteiger charge is 2.31. The fourth-order valence-electron chi connectivity index (χ4n) is 3.40. The van der Waals surface area contributed by atoms with Gasteiger partial charge in [-0.2, -0.15) is 0 Å². The van der Waals surface area contributed by atoms with E-state index in [1.807, 2.05) is 0 Å². The zero-order chi connectivity index (χ0) is 14.4. The van der Waals surface area contributed by atoms with Gasteiger partial charge in [0.25, 0.3) is 0 Å². The molecule has 1 saturated heterocycles. The molecular weight excluding hydrogens is 248 g/mol. The topological polar surface area (TPSA) is 24.5 Å². The maximum absolute atomic E-state index is 5.38. The first kappa shape index (κ1) is 15.5. The SMILES string of the molecule is CCNCC1CCCN(C)C1c1ccccc1COC. The van der Waals surface area contributed by atoms with Crippen LogP contribution in [-0.4, -0.2) is 38.7 Å². The van der Waals surface area contributed by atoms with Gasteiger partial charge in [-0.15, -0.1) is 0 Å². The van der Waals surface area contributed by atoms with Gasteiger partial charge in [-0.25, -0.2) is 0 Å². The van der Waals surface area contributed by atoms with E-state index >= 15 is 0 Å². The lowest BCUT2D eigenvalue weighted by Crippen LogP contribution is -2.41. The molecule has 2 atom stereocenters. The normalized spacial score (nSPS) is 23.9. The third-order valence-electron chi connectivity index (χ3n) is 4.34. The second kappa shape index (κ2) is 7.77. The number of nitrogens with one attached hydrogen (secondary N) is 1. The summed E-state index contributed by atoms with van der Waals surface area (Å²) in [5, 5.41) is 3.53. The van der Waals surface area contributed by atoms with Crippen LogP contribution in [0.1, 0.15) is 36.9 Å². The van der Waals surface area contributed by atoms with Gasteiger partial charge in [-0.1, -0.05) is 31.2 Å². The van der Waals surface area contributed by atoms with Crippen molar-refractivity contribution in [2.24, 2.45) is 5.92 Å². The highest BCUT2D eigenvalue weighted by Crippen LogP contribution is 2.36. The minimum absolute atomic E-state index is 0.508. The fraction of sp³-hybridized carbons (Fsp3) is 0.647. The summed E-state index contributed by atoms with van der Waals surface area (Å²) >= 11 is 0. The average molecular weight is 276 g/mol. The van der Waals surface area contributed by atoms with E-state index in [1.165, 1.54) is 30.5 Å². The summed E-state index contributed by atoms with van der Waals surface area (Å²) in [6.45, 7) is 6.23. The van der Waals surface area contributed by atoms with Gasteiger partial charge < -0.3 is 10.1 Å². The van der Waals surface area contributed by atoms with Gasteiger partial charge in [0.05, 0.1) is 6.61 Å². The molecule has 2 unspecified atom stereocenters. The second-order valence-electron chi connectivity index (χ2n) is 5.77. The number of likely N-dealkylation sites (tertiary alicyclic amines) is 1. The van der Waals surface area contributed by atoms with Gasteiger partial charge in [-0.3, -0.25) is 4.90 Å². The smallest absolute Gasteiger partial charge is 0.0716 e. The molecule has 0 radical (unpaired) electrons. The van der Waals surface area contributed by atoms with Crippen LogP contribution in [0.3, 0.4) is 0 Å². The fourth-order valence-corrected chi connectivity index (χ4v) is 3.40. The molecule has 20 heavy (non-hydrogen) atoms. The first-order chi connectivity index (χ1) is 9.77. The van der Waals surface area contributed by atoms with Crippen LogP contribution in [0.5, 0.6) is 0 Å². The summed E-state index contributed by atoms with van der Waals surface area (Å²) in [6.07, 6.45) is 2.61. The molecule has 3 heteroatoms. The molecule has 2 rings (SSSR count). The third kappa shape index (κ3) is 3.60. The van der Waals surface area contributed by atoms with Crippen LogP contribution in [0.15, 0.2) is 24.3 Å². The summed E-state index contributed by atoms with van der Waals surface area (Å²) in [5.74, 6) is 0.687. The van der Waals surface area contributed by atoms with Crippen molar-refractivity contribution >= 4 is 0 Å². The predicted octanol–water partition coefficient (Wildman–Crippen LogP) is 2.83. The maximum atomic E-state index is 5.38. The van der Waals surface area contributed by atoms with Gasteiger partial charge in [0.2, 0.25) is 0 Å². The summed E-state index contributed by atoms with van der Waals surface area (Å²) in [4.78, 5) is 2.51. The molecule has 1 fully saturated rings. The Morgan fingerprint density at radius 2 is 2.15 bits per heavy atom. The van der Waals surface area contributed by atoms with Crippen molar-refractivity contribution < 1.29 is 4.74 Å². The van der Waals surface area contributed by atoms with Crippen LogP contribution in [0.25, 0.3) is 0 Å². The third-order valence-corrected chi connectivity index (χ3v) is 4.34. The molecule has 0 bridgehead atoms. The molecule has 1 aliphatic heterocycles. The van der Waals surface area contributed by atoms with E-state index < -0.39 is 0 Å². The predicted molar refractivity (Wildman–Crippen MR) is 83.8 cm³/mol. The molecule has 112 valence electrons. The lowest BCUT2D eigenvalue weighted by atomic mass is 9.83. The largest absolute Gasteiger partial charge is 0.380 e. The molecule has 0 spiro atoms. The Labute approximate surface area is 123 Å². The van der Waals surface area contributed by atoms with Gasteiger partial charge in [0, 0.05) is 13.2 Å². The molecule has 0 aliphatic carbocycles. The monoisotopic (exact) mass is 276 g/mol. The molecule has 0 saturated carbocycles. The number of rotatable bonds is 6. The molecule has 1 aliphatic rings. The van der Waals surface area contributed by atoms with Crippen LogP contribution in [0.2, 0.25) is 0 Å². The van der Waals surface area contributed by atoms with E-state index in [2.05, 4.69) is 48.5 Å². The van der Waals surface area contributed by atoms with Crippen molar-refractivity contribution in [3.05, 3.63) is 35.4 Å². The lowest BCUT2D eigenvalue weighted by Gasteiger charge is -2.40. The van der Waals surface area contributed by atoms with Gasteiger partial charge in [-0.05, 0) is 56.6 Å². The lowest BCUT2D eigenvalue weighted by molar-refractivity contribution is 0.116. The molecule has 1 aromatic rings. The summed E-state index contributed by atoms with van der Waals surface area (Å²) in [5.41, 5.74) is 2.77. The van der Waals surface area contributed by atoms with Crippen molar-refractivity contribution in [3.8, 4) is 0 Å². The molecular formula is C17H28N2O. The Hall–Kier alpha value is -0.900. The molecule has 1 N–H and O–H groups in total. The number of nitrogens with zero attached hydrogens (tertiary/aromatic N) is 1. The van der Waals surface area contributed by atoms with Crippen molar-refractivity contribution in [3.63, 3.8) is 0 Å². The number of methoxy groups -OCH3 is 1. The van der Waals surface area contributed by atoms with E-state index in [-0.39, 0.29) is 0 Å². The summed E-state index contributed by atoms with van der Waals surface area (Å²) in [7, 11) is 4.03. The molecule has 0 aromatic heterocycles. The molecule has 3 nitrogen and oxygen atoms in total. The minimum Gasteiger partial charge on any atom is -0.380 e. The minimum atomic E-state index is 0.508. The number of hydrogen-bond donors (Lipinski definition) is 1. The van der Waals surface area contributed by atoms with Crippen LogP contribution in [-0.2, 0) is 11.3 Å². The van der Waals surface area contributed by atoms with Crippen LogP contribution < -0.4 is 5.32 Å². The van der Waals surface area contributed by atoms with Gasteiger partial charge in [0.1, 0.15) is 0 Å². The number of ether oxygens (including phenoxy) is 1. The first-order valence-corrected chi connectivity index (χ1v) is 7.75. The van der Waals surface area contributed by atoms with E-state index in [0.717, 1.165) is 13.1 Å². The molecule has 1 aromatic carbocycles. The van der Waals surface area contributed by atoms with E-state index in [9.17, 15) is 0 Å². The first-order valence-electron chi connectivity index (χ1n) is 7.75. The zero-order valence-electron chi connectivity index (χ0n) is 13.1. The molecule has 0 amide bonds. The highest BCUT2D eigenvalue weighted by molar-refractivity contribution is 5.30. The van der Waals surface area contributed by atoms with Crippen LogP contribution in [0.4, 0.5) is 0 Å². The van der Waals surface area contributed by atoms with Crippen LogP contribution in [0, 0.1) is 5.92 Å². The number of hydrogen-bond acceptors (Lipinski definition) is 3. The number of benzene rings is 1. The van der Waals surface area contributed by atoms with Gasteiger partial charge >= 0.3 is 0 Å². The Morgan fingerprint density at radius 3 is 2.90 bits per heavy atom. The van der Waals surface area contributed by atoms with Crippen molar-refractivity contribution in [1.82, 2.24) is 10.2 Å². The Balaban J connectivity index is 2.25.